The first-order chi connectivity index (χ1) is 9.13. The molecule has 0 aliphatic heterocycles. The van der Waals surface area contributed by atoms with E-state index in [9.17, 15) is 9.59 Å². The smallest absolute Gasteiger partial charge is 0.238 e. The molecule has 1 aliphatic rings. The van der Waals surface area contributed by atoms with Crippen LogP contribution in [0.1, 0.15) is 19.8 Å². The highest BCUT2D eigenvalue weighted by atomic mass is 35.5. The molecule has 0 saturated heterocycles. The van der Waals surface area contributed by atoms with Gasteiger partial charge < -0.3 is 16.0 Å². The van der Waals surface area contributed by atoms with Crippen molar-refractivity contribution in [2.24, 2.45) is 5.92 Å². The number of carbonyl (C=O) groups excluding carboxylic acids is 2. The zero-order valence-electron chi connectivity index (χ0n) is 11.4. The number of rotatable bonds is 6. The maximum Gasteiger partial charge on any atom is 0.238 e. The molecule has 0 bridgehead atoms. The van der Waals surface area contributed by atoms with E-state index in [1.165, 1.54) is 19.8 Å². The molecule has 5 nitrogen and oxygen atoms in total. The van der Waals surface area contributed by atoms with Crippen molar-refractivity contribution in [3.63, 3.8) is 0 Å². The summed E-state index contributed by atoms with van der Waals surface area (Å²) in [5.41, 5.74) is 1.45. The van der Waals surface area contributed by atoms with Crippen LogP contribution in [0, 0.1) is 5.92 Å². The Hall–Kier alpha value is -1.59. The van der Waals surface area contributed by atoms with Gasteiger partial charge >= 0.3 is 0 Å². The highest BCUT2D eigenvalue weighted by Crippen LogP contribution is 2.27. The molecule has 0 heterocycles. The lowest BCUT2D eigenvalue weighted by Gasteiger charge is -2.07. The van der Waals surface area contributed by atoms with Gasteiger partial charge in [-0.2, -0.15) is 0 Å². The molecule has 6 heteroatoms. The van der Waals surface area contributed by atoms with E-state index < -0.39 is 0 Å². The van der Waals surface area contributed by atoms with Crippen LogP contribution >= 0.6 is 12.4 Å². The van der Waals surface area contributed by atoms with Gasteiger partial charge in [-0.1, -0.05) is 0 Å². The van der Waals surface area contributed by atoms with Crippen LogP contribution in [0.5, 0.6) is 0 Å². The first kappa shape index (κ1) is 16.5. The Morgan fingerprint density at radius 3 is 2.15 bits per heavy atom. The lowest BCUT2D eigenvalue weighted by atomic mass is 10.2. The van der Waals surface area contributed by atoms with Crippen LogP contribution in [-0.4, -0.2) is 24.9 Å². The van der Waals surface area contributed by atoms with Gasteiger partial charge in [0.15, 0.2) is 0 Å². The minimum absolute atomic E-state index is 0. The number of carbonyl (C=O) groups is 2. The van der Waals surface area contributed by atoms with Gasteiger partial charge in [-0.3, -0.25) is 9.59 Å². The lowest BCUT2D eigenvalue weighted by molar-refractivity contribution is -0.115. The molecule has 2 amide bonds. The predicted molar refractivity (Wildman–Crippen MR) is 82.2 cm³/mol. The second kappa shape index (κ2) is 7.87. The molecule has 3 N–H and O–H groups in total. The van der Waals surface area contributed by atoms with Crippen molar-refractivity contribution >= 4 is 35.6 Å². The number of anilines is 2. The third-order valence-corrected chi connectivity index (χ3v) is 2.90. The van der Waals surface area contributed by atoms with Crippen molar-refractivity contribution in [1.29, 1.82) is 0 Å². The number of halogens is 1. The SMILES string of the molecule is CC(=O)Nc1ccc(NC(=O)CNCC2CC2)cc1.Cl. The van der Waals surface area contributed by atoms with Gasteiger partial charge in [-0.15, -0.1) is 12.4 Å². The normalized spacial score (nSPS) is 13.2. The van der Waals surface area contributed by atoms with Gasteiger partial charge in [0, 0.05) is 18.3 Å². The summed E-state index contributed by atoms with van der Waals surface area (Å²) in [5, 5.41) is 8.61. The van der Waals surface area contributed by atoms with Gasteiger partial charge in [0.2, 0.25) is 11.8 Å². The number of benzene rings is 1. The van der Waals surface area contributed by atoms with E-state index in [1.54, 1.807) is 24.3 Å². The highest BCUT2D eigenvalue weighted by Gasteiger charge is 2.20. The van der Waals surface area contributed by atoms with E-state index in [0.29, 0.717) is 6.54 Å². The van der Waals surface area contributed by atoms with E-state index in [1.807, 2.05) is 0 Å². The number of amides is 2. The molecule has 0 radical (unpaired) electrons. The maximum atomic E-state index is 11.6. The zero-order valence-corrected chi connectivity index (χ0v) is 12.3. The molecular formula is C14H20ClN3O2. The molecule has 1 aliphatic carbocycles. The van der Waals surface area contributed by atoms with Crippen molar-refractivity contribution < 1.29 is 9.59 Å². The summed E-state index contributed by atoms with van der Waals surface area (Å²) in [6.07, 6.45) is 2.55. The maximum absolute atomic E-state index is 11.6. The summed E-state index contributed by atoms with van der Waals surface area (Å²) in [4.78, 5) is 22.5. The van der Waals surface area contributed by atoms with Gasteiger partial charge in [-0.05, 0) is 49.6 Å². The Morgan fingerprint density at radius 2 is 1.65 bits per heavy atom. The predicted octanol–water partition coefficient (Wildman–Crippen LogP) is 2.00. The van der Waals surface area contributed by atoms with Gasteiger partial charge in [0.25, 0.3) is 0 Å². The highest BCUT2D eigenvalue weighted by molar-refractivity contribution is 5.93. The van der Waals surface area contributed by atoms with Crippen molar-refractivity contribution in [1.82, 2.24) is 5.32 Å². The first-order valence-electron chi connectivity index (χ1n) is 6.52. The molecule has 0 atom stereocenters. The summed E-state index contributed by atoms with van der Waals surface area (Å²) >= 11 is 0. The number of nitrogens with one attached hydrogen (secondary N) is 3. The van der Waals surface area contributed by atoms with E-state index in [4.69, 9.17) is 0 Å². The van der Waals surface area contributed by atoms with Crippen LogP contribution in [0.3, 0.4) is 0 Å². The minimum atomic E-state index is -0.110. The number of hydrogen-bond donors (Lipinski definition) is 3. The van der Waals surface area contributed by atoms with E-state index in [2.05, 4.69) is 16.0 Å². The molecule has 1 aromatic rings. The van der Waals surface area contributed by atoms with Crippen molar-refractivity contribution in [2.75, 3.05) is 23.7 Å². The van der Waals surface area contributed by atoms with Crippen LogP contribution < -0.4 is 16.0 Å². The van der Waals surface area contributed by atoms with E-state index in [-0.39, 0.29) is 24.2 Å². The minimum Gasteiger partial charge on any atom is -0.326 e. The Balaban J connectivity index is 0.00000200. The van der Waals surface area contributed by atoms with Crippen LogP contribution in [-0.2, 0) is 9.59 Å². The van der Waals surface area contributed by atoms with Crippen molar-refractivity contribution in [2.45, 2.75) is 19.8 Å². The molecule has 20 heavy (non-hydrogen) atoms. The molecule has 0 unspecified atom stereocenters. The Bertz CT molecular complexity index is 458. The first-order valence-corrected chi connectivity index (χ1v) is 6.52. The molecule has 1 fully saturated rings. The monoisotopic (exact) mass is 297 g/mol. The lowest BCUT2D eigenvalue weighted by Crippen LogP contribution is -2.29. The third kappa shape index (κ3) is 6.04. The van der Waals surface area contributed by atoms with Crippen LogP contribution in [0.25, 0.3) is 0 Å². The average Bonchev–Trinajstić information content (AvgIpc) is 3.15. The fraction of sp³-hybridized carbons (Fsp3) is 0.429. The standard InChI is InChI=1S/C14H19N3O2.ClH/c1-10(18)16-12-4-6-13(7-5-12)17-14(19)9-15-8-11-2-3-11;/h4-7,11,15H,2-3,8-9H2,1H3,(H,16,18)(H,17,19);1H. The molecule has 0 spiro atoms. The van der Waals surface area contributed by atoms with Gasteiger partial charge in [-0.25, -0.2) is 0 Å². The Morgan fingerprint density at radius 1 is 1.10 bits per heavy atom. The average molecular weight is 298 g/mol. The molecular weight excluding hydrogens is 278 g/mol. The fourth-order valence-electron chi connectivity index (χ4n) is 1.76. The Labute approximate surface area is 124 Å². The van der Waals surface area contributed by atoms with Gasteiger partial charge in [0.1, 0.15) is 0 Å². The van der Waals surface area contributed by atoms with Gasteiger partial charge in [0.05, 0.1) is 6.54 Å². The van der Waals surface area contributed by atoms with E-state index >= 15 is 0 Å². The van der Waals surface area contributed by atoms with Crippen LogP contribution in [0.4, 0.5) is 11.4 Å². The summed E-state index contributed by atoms with van der Waals surface area (Å²) in [5.74, 6) is 0.610. The summed E-state index contributed by atoms with van der Waals surface area (Å²) in [6, 6.07) is 7.05. The van der Waals surface area contributed by atoms with Crippen LogP contribution in [0.2, 0.25) is 0 Å². The third-order valence-electron chi connectivity index (χ3n) is 2.90. The zero-order chi connectivity index (χ0) is 13.7. The largest absolute Gasteiger partial charge is 0.326 e. The van der Waals surface area contributed by atoms with Crippen LogP contribution in [0.15, 0.2) is 24.3 Å². The summed E-state index contributed by atoms with van der Waals surface area (Å²) in [7, 11) is 0. The van der Waals surface area contributed by atoms with E-state index in [0.717, 1.165) is 23.8 Å². The fourth-order valence-corrected chi connectivity index (χ4v) is 1.76. The molecule has 0 aromatic heterocycles. The molecule has 1 saturated carbocycles. The Kier molecular flexibility index (Phi) is 6.48. The topological polar surface area (TPSA) is 70.2 Å². The molecule has 110 valence electrons. The van der Waals surface area contributed by atoms with Crippen molar-refractivity contribution in [3.8, 4) is 0 Å². The van der Waals surface area contributed by atoms with Crippen molar-refractivity contribution in [3.05, 3.63) is 24.3 Å². The second-order valence-electron chi connectivity index (χ2n) is 4.88. The number of hydrogen-bond acceptors (Lipinski definition) is 3. The molecule has 1 aromatic carbocycles. The summed E-state index contributed by atoms with van der Waals surface area (Å²) < 4.78 is 0. The quantitative estimate of drug-likeness (QED) is 0.752. The second-order valence-corrected chi connectivity index (χ2v) is 4.88. The summed E-state index contributed by atoms with van der Waals surface area (Å²) in [6.45, 7) is 2.72. The molecule has 2 rings (SSSR count).